The third-order valence-corrected chi connectivity index (χ3v) is 2.93. The minimum absolute atomic E-state index is 0.0153. The van der Waals surface area contributed by atoms with Crippen molar-refractivity contribution in [3.63, 3.8) is 0 Å². The van der Waals surface area contributed by atoms with E-state index in [1.807, 2.05) is 6.92 Å². The summed E-state index contributed by atoms with van der Waals surface area (Å²) in [7, 11) is 0. The van der Waals surface area contributed by atoms with Gasteiger partial charge in [-0.05, 0) is 24.1 Å². The van der Waals surface area contributed by atoms with Gasteiger partial charge in [-0.1, -0.05) is 25.8 Å². The number of nitrogens with one attached hydrogen (secondary N) is 1. The lowest BCUT2D eigenvalue weighted by Gasteiger charge is -2.14. The fourth-order valence-corrected chi connectivity index (χ4v) is 1.86. The van der Waals surface area contributed by atoms with E-state index in [2.05, 4.69) is 5.32 Å². The Labute approximate surface area is 116 Å². The van der Waals surface area contributed by atoms with Gasteiger partial charge >= 0.3 is 6.18 Å². The van der Waals surface area contributed by atoms with Crippen LogP contribution < -0.4 is 11.1 Å². The third kappa shape index (κ3) is 4.85. The quantitative estimate of drug-likeness (QED) is 0.784. The second-order valence-corrected chi connectivity index (χ2v) is 4.58. The van der Waals surface area contributed by atoms with Gasteiger partial charge < -0.3 is 11.1 Å². The van der Waals surface area contributed by atoms with Crippen LogP contribution in [0.1, 0.15) is 43.7 Å². The second-order valence-electron chi connectivity index (χ2n) is 4.58. The number of hydrogen-bond donors (Lipinski definition) is 2. The first kappa shape index (κ1) is 16.5. The van der Waals surface area contributed by atoms with Crippen molar-refractivity contribution in [1.29, 1.82) is 0 Å². The molecule has 3 N–H and O–H groups in total. The van der Waals surface area contributed by atoms with E-state index in [4.69, 9.17) is 5.73 Å². The summed E-state index contributed by atoms with van der Waals surface area (Å²) in [6, 6.07) is 3.67. The molecule has 0 bridgehead atoms. The maximum absolute atomic E-state index is 12.8. The highest BCUT2D eigenvalue weighted by atomic mass is 19.4. The Balaban J connectivity index is 2.79. The molecule has 0 heterocycles. The molecule has 0 saturated heterocycles. The van der Waals surface area contributed by atoms with E-state index in [0.717, 1.165) is 25.3 Å². The summed E-state index contributed by atoms with van der Waals surface area (Å²) in [5, 5.41) is 2.48. The zero-order valence-corrected chi connectivity index (χ0v) is 11.4. The molecule has 1 aromatic carbocycles. The number of rotatable bonds is 6. The number of carbonyl (C=O) groups is 1. The van der Waals surface area contributed by atoms with Crippen LogP contribution in [0.15, 0.2) is 18.2 Å². The molecular weight excluding hydrogens is 269 g/mol. The molecule has 0 unspecified atom stereocenters. The summed E-state index contributed by atoms with van der Waals surface area (Å²) in [4.78, 5) is 11.6. The Morgan fingerprint density at radius 3 is 2.55 bits per heavy atom. The van der Waals surface area contributed by atoms with Crippen molar-refractivity contribution >= 4 is 11.6 Å². The predicted octanol–water partition coefficient (Wildman–Crippen LogP) is 3.68. The lowest BCUT2D eigenvalue weighted by Crippen LogP contribution is -2.15. The van der Waals surface area contributed by atoms with Crippen LogP contribution in [0.4, 0.5) is 18.9 Å². The monoisotopic (exact) mass is 288 g/mol. The van der Waals surface area contributed by atoms with Crippen molar-refractivity contribution in [1.82, 2.24) is 0 Å². The van der Waals surface area contributed by atoms with Gasteiger partial charge in [0.05, 0.1) is 5.56 Å². The first-order valence-electron chi connectivity index (χ1n) is 6.58. The molecule has 0 atom stereocenters. The van der Waals surface area contributed by atoms with Gasteiger partial charge in [0.15, 0.2) is 0 Å². The Morgan fingerprint density at radius 1 is 1.30 bits per heavy atom. The van der Waals surface area contributed by atoms with Gasteiger partial charge in [0, 0.05) is 18.7 Å². The van der Waals surface area contributed by atoms with E-state index >= 15 is 0 Å². The van der Waals surface area contributed by atoms with E-state index in [-0.39, 0.29) is 23.7 Å². The second kappa shape index (κ2) is 7.28. The summed E-state index contributed by atoms with van der Waals surface area (Å²) < 4.78 is 38.5. The summed E-state index contributed by atoms with van der Waals surface area (Å²) in [6.45, 7) is 1.82. The van der Waals surface area contributed by atoms with E-state index in [1.165, 1.54) is 12.1 Å². The molecule has 0 radical (unpaired) electrons. The molecule has 3 nitrogen and oxygen atoms in total. The maximum atomic E-state index is 12.8. The van der Waals surface area contributed by atoms with E-state index in [9.17, 15) is 18.0 Å². The van der Waals surface area contributed by atoms with Crippen molar-refractivity contribution in [2.75, 3.05) is 5.32 Å². The lowest BCUT2D eigenvalue weighted by atomic mass is 10.1. The third-order valence-electron chi connectivity index (χ3n) is 2.93. The molecular formula is C14H19F3N2O. The molecule has 0 aliphatic rings. The van der Waals surface area contributed by atoms with E-state index in [1.54, 1.807) is 0 Å². The van der Waals surface area contributed by atoms with Crippen LogP contribution in [-0.4, -0.2) is 5.91 Å². The van der Waals surface area contributed by atoms with Gasteiger partial charge in [-0.25, -0.2) is 0 Å². The number of halogens is 3. The lowest BCUT2D eigenvalue weighted by molar-refractivity contribution is -0.138. The highest BCUT2D eigenvalue weighted by Crippen LogP contribution is 2.33. The fourth-order valence-electron chi connectivity index (χ4n) is 1.86. The molecule has 0 aromatic heterocycles. The number of benzene rings is 1. The number of anilines is 1. The molecule has 1 rings (SSSR count). The van der Waals surface area contributed by atoms with E-state index < -0.39 is 11.7 Å². The molecule has 112 valence electrons. The van der Waals surface area contributed by atoms with Crippen molar-refractivity contribution in [2.45, 2.75) is 45.3 Å². The topological polar surface area (TPSA) is 55.1 Å². The van der Waals surface area contributed by atoms with Gasteiger partial charge in [0.1, 0.15) is 0 Å². The number of amides is 1. The summed E-state index contributed by atoms with van der Waals surface area (Å²) in [5.74, 6) is -0.271. The van der Waals surface area contributed by atoms with Crippen molar-refractivity contribution in [3.05, 3.63) is 29.3 Å². The number of nitrogens with two attached hydrogens (primary N) is 1. The molecule has 1 amide bonds. The van der Waals surface area contributed by atoms with Gasteiger partial charge in [-0.2, -0.15) is 13.2 Å². The smallest absolute Gasteiger partial charge is 0.326 e. The normalized spacial score (nSPS) is 11.4. The van der Waals surface area contributed by atoms with Gasteiger partial charge in [0.25, 0.3) is 0 Å². The van der Waals surface area contributed by atoms with Gasteiger partial charge in [-0.15, -0.1) is 0 Å². The molecule has 6 heteroatoms. The molecule has 0 spiro atoms. The minimum Gasteiger partial charge on any atom is -0.326 e. The van der Waals surface area contributed by atoms with Crippen LogP contribution in [0.25, 0.3) is 0 Å². The molecule has 1 aromatic rings. The Bertz CT molecular complexity index is 458. The fraction of sp³-hybridized carbons (Fsp3) is 0.500. The predicted molar refractivity (Wildman–Crippen MR) is 72.1 cm³/mol. The van der Waals surface area contributed by atoms with E-state index in [0.29, 0.717) is 6.42 Å². The average molecular weight is 288 g/mol. The Hall–Kier alpha value is -1.56. The minimum atomic E-state index is -4.47. The first-order valence-corrected chi connectivity index (χ1v) is 6.58. The Kier molecular flexibility index (Phi) is 6.01. The zero-order valence-electron chi connectivity index (χ0n) is 11.4. The zero-order chi connectivity index (χ0) is 15.2. The standard InChI is InChI=1S/C14H19F3N2O/c1-2-3-4-5-13(20)19-11-7-6-10(9-18)12(8-11)14(15,16)17/h6-8H,2-5,9,18H2,1H3,(H,19,20). The molecule has 0 aliphatic heterocycles. The van der Waals surface area contributed by atoms with Crippen molar-refractivity contribution in [2.24, 2.45) is 5.73 Å². The summed E-state index contributed by atoms with van der Waals surface area (Å²) in [5.41, 5.74) is 4.66. The van der Waals surface area contributed by atoms with Crippen LogP contribution in [-0.2, 0) is 17.5 Å². The Morgan fingerprint density at radius 2 is 2.00 bits per heavy atom. The van der Waals surface area contributed by atoms with Crippen molar-refractivity contribution in [3.8, 4) is 0 Å². The van der Waals surface area contributed by atoms with Crippen LogP contribution in [0, 0.1) is 0 Å². The van der Waals surface area contributed by atoms with Gasteiger partial charge in [-0.3, -0.25) is 4.79 Å². The molecule has 0 fully saturated rings. The highest BCUT2D eigenvalue weighted by molar-refractivity contribution is 5.90. The SMILES string of the molecule is CCCCCC(=O)Nc1ccc(CN)c(C(F)(F)F)c1. The van der Waals surface area contributed by atoms with Crippen LogP contribution in [0.5, 0.6) is 0 Å². The summed E-state index contributed by atoms with van der Waals surface area (Å²) >= 11 is 0. The number of alkyl halides is 3. The van der Waals surface area contributed by atoms with Crippen molar-refractivity contribution < 1.29 is 18.0 Å². The maximum Gasteiger partial charge on any atom is 0.416 e. The highest BCUT2D eigenvalue weighted by Gasteiger charge is 2.33. The number of unbranched alkanes of at least 4 members (excludes halogenated alkanes) is 2. The van der Waals surface area contributed by atoms with Crippen LogP contribution in [0.2, 0.25) is 0 Å². The van der Waals surface area contributed by atoms with Crippen LogP contribution >= 0.6 is 0 Å². The van der Waals surface area contributed by atoms with Gasteiger partial charge in [0.2, 0.25) is 5.91 Å². The largest absolute Gasteiger partial charge is 0.416 e. The molecule has 20 heavy (non-hydrogen) atoms. The average Bonchev–Trinajstić information content (AvgIpc) is 2.38. The summed E-state index contributed by atoms with van der Waals surface area (Å²) in [6.07, 6.45) is -1.52. The van der Waals surface area contributed by atoms with Crippen LogP contribution in [0.3, 0.4) is 0 Å². The molecule has 0 saturated carbocycles. The molecule has 0 aliphatic carbocycles. The number of carbonyl (C=O) groups excluding carboxylic acids is 1. The first-order chi connectivity index (χ1) is 9.38. The number of hydrogen-bond acceptors (Lipinski definition) is 2.